The molecule has 4 aliphatic rings. The van der Waals surface area contributed by atoms with Crippen molar-refractivity contribution in [3.63, 3.8) is 0 Å². The second-order valence-corrected chi connectivity index (χ2v) is 6.85. The summed E-state index contributed by atoms with van der Waals surface area (Å²) < 4.78 is 5.61. The number of hydrogen-bond acceptors (Lipinski definition) is 3. The van der Waals surface area contributed by atoms with Crippen molar-refractivity contribution >= 4 is 5.97 Å². The Morgan fingerprint density at radius 2 is 2.12 bits per heavy atom. The van der Waals surface area contributed by atoms with Gasteiger partial charge in [-0.3, -0.25) is 0 Å². The van der Waals surface area contributed by atoms with Crippen LogP contribution in [0.1, 0.15) is 45.4 Å². The lowest BCUT2D eigenvalue weighted by molar-refractivity contribution is -0.236. The van der Waals surface area contributed by atoms with E-state index in [1.807, 2.05) is 0 Å². The Labute approximate surface area is 102 Å². The molecular formula is C14H20O3. The first-order valence-electron chi connectivity index (χ1n) is 6.44. The van der Waals surface area contributed by atoms with Crippen molar-refractivity contribution < 1.29 is 14.6 Å². The highest BCUT2D eigenvalue weighted by Gasteiger charge is 2.63. The van der Waals surface area contributed by atoms with Gasteiger partial charge in [-0.15, -0.1) is 0 Å². The van der Waals surface area contributed by atoms with E-state index in [0.29, 0.717) is 12.3 Å². The quantitative estimate of drug-likeness (QED) is 0.590. The van der Waals surface area contributed by atoms with Crippen LogP contribution in [0, 0.1) is 11.3 Å². The van der Waals surface area contributed by atoms with Crippen LogP contribution in [0.5, 0.6) is 0 Å². The molecule has 4 atom stereocenters. The molecule has 0 aromatic carbocycles. The van der Waals surface area contributed by atoms with Crippen LogP contribution >= 0.6 is 0 Å². The molecule has 4 aliphatic carbocycles. The first kappa shape index (κ1) is 11.3. The minimum Gasteiger partial charge on any atom is -0.456 e. The topological polar surface area (TPSA) is 46.5 Å². The Morgan fingerprint density at radius 3 is 2.71 bits per heavy atom. The Bertz CT molecular complexity index is 369. The SMILES string of the molecule is C=CC(=O)OC12CC3CC(C)(CC(O)(C3)C1)C2. The average Bonchev–Trinajstić information content (AvgIpc) is 2.10. The minimum atomic E-state index is -0.602. The number of ether oxygens (including phenoxy) is 1. The smallest absolute Gasteiger partial charge is 0.330 e. The molecule has 0 aromatic rings. The lowest BCUT2D eigenvalue weighted by Crippen LogP contribution is -2.63. The molecule has 3 nitrogen and oxygen atoms in total. The molecule has 1 N–H and O–H groups in total. The van der Waals surface area contributed by atoms with Crippen molar-refractivity contribution in [3.05, 3.63) is 12.7 Å². The van der Waals surface area contributed by atoms with Crippen LogP contribution in [-0.2, 0) is 9.53 Å². The van der Waals surface area contributed by atoms with Crippen molar-refractivity contribution in [1.82, 2.24) is 0 Å². The molecule has 0 amide bonds. The maximum absolute atomic E-state index is 11.5. The summed E-state index contributed by atoms with van der Waals surface area (Å²) in [6, 6.07) is 0. The predicted molar refractivity (Wildman–Crippen MR) is 63.3 cm³/mol. The molecular weight excluding hydrogens is 216 g/mol. The van der Waals surface area contributed by atoms with E-state index in [4.69, 9.17) is 4.74 Å². The van der Waals surface area contributed by atoms with E-state index in [1.165, 1.54) is 12.5 Å². The maximum Gasteiger partial charge on any atom is 0.330 e. The molecule has 0 radical (unpaired) electrons. The molecule has 0 aliphatic heterocycles. The summed E-state index contributed by atoms with van der Waals surface area (Å²) in [7, 11) is 0. The fourth-order valence-corrected chi connectivity index (χ4v) is 5.14. The van der Waals surface area contributed by atoms with Gasteiger partial charge in [0.25, 0.3) is 0 Å². The fourth-order valence-electron chi connectivity index (χ4n) is 5.14. The van der Waals surface area contributed by atoms with Crippen molar-refractivity contribution in [3.8, 4) is 0 Å². The van der Waals surface area contributed by atoms with Gasteiger partial charge in [-0.1, -0.05) is 13.5 Å². The number of carbonyl (C=O) groups is 1. The molecule has 4 rings (SSSR count). The number of esters is 1. The zero-order valence-electron chi connectivity index (χ0n) is 10.4. The third-order valence-corrected chi connectivity index (χ3v) is 4.75. The summed E-state index contributed by atoms with van der Waals surface area (Å²) in [5.41, 5.74) is -0.876. The molecule has 4 fully saturated rings. The van der Waals surface area contributed by atoms with E-state index in [0.717, 1.165) is 25.7 Å². The Morgan fingerprint density at radius 1 is 1.35 bits per heavy atom. The molecule has 94 valence electrons. The van der Waals surface area contributed by atoms with Crippen LogP contribution in [0.2, 0.25) is 0 Å². The summed E-state index contributed by atoms with van der Waals surface area (Å²) in [5.74, 6) is 0.165. The summed E-state index contributed by atoms with van der Waals surface area (Å²) in [5, 5.41) is 10.6. The van der Waals surface area contributed by atoms with Gasteiger partial charge in [-0.25, -0.2) is 4.79 Å². The Kier molecular flexibility index (Phi) is 2.08. The third kappa shape index (κ3) is 1.71. The molecule has 4 saturated carbocycles. The van der Waals surface area contributed by atoms with E-state index in [-0.39, 0.29) is 11.4 Å². The lowest BCUT2D eigenvalue weighted by atomic mass is 9.47. The second kappa shape index (κ2) is 3.14. The highest BCUT2D eigenvalue weighted by molar-refractivity contribution is 5.81. The van der Waals surface area contributed by atoms with Gasteiger partial charge in [0.2, 0.25) is 0 Å². The van der Waals surface area contributed by atoms with Gasteiger partial charge in [0.1, 0.15) is 5.60 Å². The van der Waals surface area contributed by atoms with E-state index in [1.54, 1.807) is 0 Å². The van der Waals surface area contributed by atoms with Crippen molar-refractivity contribution in [2.45, 2.75) is 56.7 Å². The number of carbonyl (C=O) groups excluding carboxylic acids is 1. The van der Waals surface area contributed by atoms with E-state index in [9.17, 15) is 9.90 Å². The normalized spacial score (nSPS) is 51.3. The number of rotatable bonds is 2. The van der Waals surface area contributed by atoms with Gasteiger partial charge in [-0.05, 0) is 43.4 Å². The fraction of sp³-hybridized carbons (Fsp3) is 0.786. The van der Waals surface area contributed by atoms with Gasteiger partial charge in [0.15, 0.2) is 0 Å². The van der Waals surface area contributed by atoms with Crippen molar-refractivity contribution in [2.75, 3.05) is 0 Å². The Balaban J connectivity index is 1.92. The maximum atomic E-state index is 11.5. The van der Waals surface area contributed by atoms with E-state index in [2.05, 4.69) is 13.5 Å². The van der Waals surface area contributed by atoms with Gasteiger partial charge < -0.3 is 9.84 Å². The summed E-state index contributed by atoms with van der Waals surface area (Å²) in [4.78, 5) is 11.5. The van der Waals surface area contributed by atoms with Gasteiger partial charge in [0, 0.05) is 12.5 Å². The zero-order valence-corrected chi connectivity index (χ0v) is 10.4. The molecule has 4 unspecified atom stereocenters. The van der Waals surface area contributed by atoms with E-state index < -0.39 is 11.2 Å². The monoisotopic (exact) mass is 236 g/mol. The zero-order chi connectivity index (χ0) is 12.3. The summed E-state index contributed by atoms with van der Waals surface area (Å²) >= 11 is 0. The standard InChI is InChI=1S/C14H20O3/c1-3-11(15)17-14-6-10-4-12(2,8-14)7-13(16,5-10)9-14/h3,10,16H,1,4-9H2,2H3. The number of hydrogen-bond donors (Lipinski definition) is 1. The molecule has 0 saturated heterocycles. The predicted octanol–water partition coefficient (Wildman–Crippen LogP) is 2.19. The lowest BCUT2D eigenvalue weighted by Gasteiger charge is -2.63. The van der Waals surface area contributed by atoms with Gasteiger partial charge >= 0.3 is 5.97 Å². The molecule has 0 spiro atoms. The highest BCUT2D eigenvalue weighted by Crippen LogP contribution is 2.64. The van der Waals surface area contributed by atoms with Crippen molar-refractivity contribution in [1.29, 1.82) is 0 Å². The summed E-state index contributed by atoms with van der Waals surface area (Å²) in [6.45, 7) is 5.68. The molecule has 3 heteroatoms. The number of aliphatic hydroxyl groups is 1. The molecule has 17 heavy (non-hydrogen) atoms. The van der Waals surface area contributed by atoms with Gasteiger partial charge in [-0.2, -0.15) is 0 Å². The summed E-state index contributed by atoms with van der Waals surface area (Å²) in [6.07, 6.45) is 6.59. The first-order valence-corrected chi connectivity index (χ1v) is 6.44. The van der Waals surface area contributed by atoms with Crippen LogP contribution < -0.4 is 0 Å². The minimum absolute atomic E-state index is 0.148. The molecule has 0 heterocycles. The van der Waals surface area contributed by atoms with Crippen molar-refractivity contribution in [2.24, 2.45) is 11.3 Å². The van der Waals surface area contributed by atoms with Gasteiger partial charge in [0.05, 0.1) is 5.60 Å². The molecule has 0 aromatic heterocycles. The van der Waals surface area contributed by atoms with Crippen LogP contribution in [0.15, 0.2) is 12.7 Å². The third-order valence-electron chi connectivity index (χ3n) is 4.75. The molecule has 4 bridgehead atoms. The van der Waals surface area contributed by atoms with Crippen LogP contribution in [-0.4, -0.2) is 22.3 Å². The van der Waals surface area contributed by atoms with Crippen LogP contribution in [0.3, 0.4) is 0 Å². The Hall–Kier alpha value is -0.830. The highest BCUT2D eigenvalue weighted by atomic mass is 16.6. The largest absolute Gasteiger partial charge is 0.456 e. The average molecular weight is 236 g/mol. The van der Waals surface area contributed by atoms with Crippen LogP contribution in [0.25, 0.3) is 0 Å². The van der Waals surface area contributed by atoms with E-state index >= 15 is 0 Å². The first-order chi connectivity index (χ1) is 7.86. The second-order valence-electron chi connectivity index (χ2n) is 6.85. The van der Waals surface area contributed by atoms with Crippen LogP contribution in [0.4, 0.5) is 0 Å².